The molecule has 4 rings (SSSR count). The Morgan fingerprint density at radius 2 is 1.52 bits per heavy atom. The summed E-state index contributed by atoms with van der Waals surface area (Å²) in [5.74, 6) is 0.893. The summed E-state index contributed by atoms with van der Waals surface area (Å²) in [5, 5.41) is 3.15. The van der Waals surface area contributed by atoms with Crippen LogP contribution in [0.2, 0.25) is 0 Å². The maximum Gasteiger partial charge on any atom is 0.241 e. The Morgan fingerprint density at radius 1 is 0.871 bits per heavy atom. The van der Waals surface area contributed by atoms with Gasteiger partial charge in [0.15, 0.2) is 0 Å². The van der Waals surface area contributed by atoms with Gasteiger partial charge in [-0.3, -0.25) is 9.69 Å². The third-order valence-corrected chi connectivity index (χ3v) is 5.95. The first-order valence-corrected chi connectivity index (χ1v) is 10.7. The van der Waals surface area contributed by atoms with Gasteiger partial charge in [-0.15, -0.1) is 0 Å². The van der Waals surface area contributed by atoms with E-state index in [1.807, 2.05) is 61.5 Å². The molecule has 1 N–H and O–H groups in total. The predicted molar refractivity (Wildman–Crippen MR) is 127 cm³/mol. The Morgan fingerprint density at radius 3 is 2.19 bits per heavy atom. The van der Waals surface area contributed by atoms with Crippen molar-refractivity contribution in [3.8, 4) is 16.9 Å². The maximum atomic E-state index is 13.0. The van der Waals surface area contributed by atoms with E-state index in [0.29, 0.717) is 0 Å². The lowest BCUT2D eigenvalue weighted by atomic mass is 10.0. The van der Waals surface area contributed by atoms with E-state index in [2.05, 4.69) is 39.4 Å². The Hall–Kier alpha value is -3.31. The summed E-state index contributed by atoms with van der Waals surface area (Å²) in [4.78, 5) is 17.6. The Bertz CT molecular complexity index is 997. The lowest BCUT2D eigenvalue weighted by Gasteiger charge is -2.38. The van der Waals surface area contributed by atoms with E-state index >= 15 is 0 Å². The molecule has 31 heavy (non-hydrogen) atoms. The monoisotopic (exact) mass is 415 g/mol. The Labute approximate surface area is 184 Å². The molecule has 0 bridgehead atoms. The topological polar surface area (TPSA) is 44.8 Å². The summed E-state index contributed by atoms with van der Waals surface area (Å²) in [6.45, 7) is 5.47. The van der Waals surface area contributed by atoms with Crippen molar-refractivity contribution in [2.75, 3.05) is 43.5 Å². The van der Waals surface area contributed by atoms with Crippen LogP contribution in [0.4, 0.5) is 11.4 Å². The van der Waals surface area contributed by atoms with Crippen LogP contribution in [0.15, 0.2) is 78.9 Å². The van der Waals surface area contributed by atoms with E-state index in [0.717, 1.165) is 48.7 Å². The Kier molecular flexibility index (Phi) is 6.53. The van der Waals surface area contributed by atoms with Crippen molar-refractivity contribution in [3.63, 3.8) is 0 Å². The van der Waals surface area contributed by atoms with Gasteiger partial charge in [0.25, 0.3) is 0 Å². The van der Waals surface area contributed by atoms with Crippen LogP contribution in [0.1, 0.15) is 6.92 Å². The Balaban J connectivity index is 1.37. The largest absolute Gasteiger partial charge is 0.497 e. The zero-order chi connectivity index (χ0) is 21.6. The number of para-hydroxylation sites is 1. The van der Waals surface area contributed by atoms with Crippen LogP contribution in [0.3, 0.4) is 0 Å². The van der Waals surface area contributed by atoms with Crippen LogP contribution >= 0.6 is 0 Å². The number of benzene rings is 3. The predicted octanol–water partition coefficient (Wildman–Crippen LogP) is 4.51. The highest BCUT2D eigenvalue weighted by Gasteiger charge is 2.26. The van der Waals surface area contributed by atoms with Crippen molar-refractivity contribution in [1.82, 2.24) is 4.90 Å². The van der Waals surface area contributed by atoms with Gasteiger partial charge < -0.3 is 15.0 Å². The summed E-state index contributed by atoms with van der Waals surface area (Å²) in [5.41, 5.74) is 4.17. The third-order valence-electron chi connectivity index (χ3n) is 5.95. The molecular formula is C26H29N3O2. The molecule has 160 valence electrons. The molecule has 1 atom stereocenters. The molecule has 1 aliphatic rings. The molecule has 1 heterocycles. The van der Waals surface area contributed by atoms with Crippen LogP contribution in [-0.4, -0.2) is 50.1 Å². The number of nitrogens with zero attached hydrogens (tertiary/aromatic N) is 2. The third kappa shape index (κ3) is 4.89. The lowest BCUT2D eigenvalue weighted by Crippen LogP contribution is -2.52. The highest BCUT2D eigenvalue weighted by Crippen LogP contribution is 2.28. The van der Waals surface area contributed by atoms with E-state index < -0.39 is 0 Å². The molecule has 0 radical (unpaired) electrons. The molecule has 3 aromatic rings. The number of nitrogens with one attached hydrogen (secondary N) is 1. The van der Waals surface area contributed by atoms with Crippen LogP contribution in [0, 0.1) is 0 Å². The number of rotatable bonds is 6. The van der Waals surface area contributed by atoms with Gasteiger partial charge in [0.2, 0.25) is 5.91 Å². The molecule has 5 nitrogen and oxygen atoms in total. The van der Waals surface area contributed by atoms with Crippen LogP contribution in [0.5, 0.6) is 5.75 Å². The van der Waals surface area contributed by atoms with Crippen molar-refractivity contribution in [2.24, 2.45) is 0 Å². The number of carbonyl (C=O) groups excluding carboxylic acids is 1. The SMILES string of the molecule is COc1ccc(N2CCN([C@@H](C)C(=O)Nc3ccccc3-c3ccccc3)CC2)cc1. The molecule has 1 aliphatic heterocycles. The molecule has 5 heteroatoms. The summed E-state index contributed by atoms with van der Waals surface area (Å²) < 4.78 is 5.25. The van der Waals surface area contributed by atoms with E-state index in [1.54, 1.807) is 7.11 Å². The highest BCUT2D eigenvalue weighted by atomic mass is 16.5. The minimum Gasteiger partial charge on any atom is -0.497 e. The smallest absolute Gasteiger partial charge is 0.241 e. The number of carbonyl (C=O) groups is 1. The normalized spacial score (nSPS) is 15.4. The number of methoxy groups -OCH3 is 1. The van der Waals surface area contributed by atoms with Crippen molar-refractivity contribution < 1.29 is 9.53 Å². The van der Waals surface area contributed by atoms with Crippen LogP contribution < -0.4 is 15.0 Å². The first-order chi connectivity index (χ1) is 15.2. The number of amides is 1. The summed E-state index contributed by atoms with van der Waals surface area (Å²) in [7, 11) is 1.68. The van der Waals surface area contributed by atoms with Gasteiger partial charge in [-0.1, -0.05) is 48.5 Å². The fourth-order valence-corrected chi connectivity index (χ4v) is 4.03. The molecule has 0 aliphatic carbocycles. The van der Waals surface area contributed by atoms with Gasteiger partial charge in [-0.2, -0.15) is 0 Å². The minimum absolute atomic E-state index is 0.0290. The van der Waals surface area contributed by atoms with Crippen molar-refractivity contribution in [1.29, 1.82) is 0 Å². The number of hydrogen-bond donors (Lipinski definition) is 1. The van der Waals surface area contributed by atoms with Gasteiger partial charge in [-0.05, 0) is 42.8 Å². The number of anilines is 2. The van der Waals surface area contributed by atoms with Gasteiger partial charge in [0, 0.05) is 43.1 Å². The summed E-state index contributed by atoms with van der Waals surface area (Å²) in [6, 6.07) is 26.1. The van der Waals surface area contributed by atoms with Crippen molar-refractivity contribution in [2.45, 2.75) is 13.0 Å². The van der Waals surface area contributed by atoms with E-state index in [9.17, 15) is 4.79 Å². The van der Waals surface area contributed by atoms with E-state index in [4.69, 9.17) is 4.74 Å². The lowest BCUT2D eigenvalue weighted by molar-refractivity contribution is -0.120. The molecule has 1 fully saturated rings. The molecule has 3 aromatic carbocycles. The minimum atomic E-state index is -0.193. The van der Waals surface area contributed by atoms with Gasteiger partial charge >= 0.3 is 0 Å². The van der Waals surface area contributed by atoms with Gasteiger partial charge in [-0.25, -0.2) is 0 Å². The molecule has 0 spiro atoms. The second-order valence-electron chi connectivity index (χ2n) is 7.80. The average molecular weight is 416 g/mol. The molecular weight excluding hydrogens is 386 g/mol. The zero-order valence-electron chi connectivity index (χ0n) is 18.1. The average Bonchev–Trinajstić information content (AvgIpc) is 2.84. The first-order valence-electron chi connectivity index (χ1n) is 10.7. The van der Waals surface area contributed by atoms with Crippen LogP contribution in [-0.2, 0) is 4.79 Å². The summed E-state index contributed by atoms with van der Waals surface area (Å²) in [6.07, 6.45) is 0. The quantitative estimate of drug-likeness (QED) is 0.643. The fourth-order valence-electron chi connectivity index (χ4n) is 4.03. The molecule has 0 aromatic heterocycles. The number of ether oxygens (including phenoxy) is 1. The molecule has 1 saturated heterocycles. The molecule has 0 saturated carbocycles. The standard InChI is InChI=1S/C26H29N3O2/c1-20(28-16-18-29(19-17-28)22-12-14-23(31-2)15-13-22)26(30)27-25-11-7-6-10-24(25)21-8-4-3-5-9-21/h3-15,20H,16-19H2,1-2H3,(H,27,30)/t20-/m0/s1. The van der Waals surface area contributed by atoms with Gasteiger partial charge in [0.05, 0.1) is 13.2 Å². The fraction of sp³-hybridized carbons (Fsp3) is 0.269. The zero-order valence-corrected chi connectivity index (χ0v) is 18.1. The van der Waals surface area contributed by atoms with Crippen molar-refractivity contribution in [3.05, 3.63) is 78.9 Å². The van der Waals surface area contributed by atoms with E-state index in [-0.39, 0.29) is 11.9 Å². The molecule has 1 amide bonds. The second-order valence-corrected chi connectivity index (χ2v) is 7.80. The number of piperazine rings is 1. The van der Waals surface area contributed by atoms with Crippen LogP contribution in [0.25, 0.3) is 11.1 Å². The summed E-state index contributed by atoms with van der Waals surface area (Å²) >= 11 is 0. The number of hydrogen-bond acceptors (Lipinski definition) is 4. The highest BCUT2D eigenvalue weighted by molar-refractivity contribution is 5.98. The maximum absolute atomic E-state index is 13.0. The molecule has 0 unspecified atom stereocenters. The van der Waals surface area contributed by atoms with Gasteiger partial charge in [0.1, 0.15) is 5.75 Å². The van der Waals surface area contributed by atoms with Crippen molar-refractivity contribution >= 4 is 17.3 Å². The van der Waals surface area contributed by atoms with E-state index in [1.165, 1.54) is 5.69 Å². The second kappa shape index (κ2) is 9.67. The first kappa shape index (κ1) is 20.9.